The van der Waals surface area contributed by atoms with E-state index in [1.165, 1.54) is 17.8 Å². The number of carbonyl (C=O) groups excluding carboxylic acids is 1. The zero-order chi connectivity index (χ0) is 16.1. The zero-order valence-corrected chi connectivity index (χ0v) is 13.1. The molecule has 0 saturated heterocycles. The first-order valence-electron chi connectivity index (χ1n) is 7.49. The maximum Gasteiger partial charge on any atom is 0.343 e. The highest BCUT2D eigenvalue weighted by Gasteiger charge is 2.14. The molecule has 0 amide bonds. The average molecular weight is 301 g/mol. The molecular weight excluding hydrogens is 281 g/mol. The average Bonchev–Trinajstić information content (AvgIpc) is 2.52. The molecule has 22 heavy (non-hydrogen) atoms. The first-order valence-corrected chi connectivity index (χ1v) is 7.49. The van der Waals surface area contributed by atoms with E-state index < -0.39 is 11.9 Å². The van der Waals surface area contributed by atoms with Crippen LogP contribution in [0.15, 0.2) is 36.5 Å². The molecule has 4 heteroatoms. The van der Waals surface area contributed by atoms with Gasteiger partial charge in [-0.1, -0.05) is 19.9 Å². The fraction of sp³-hybridized carbons (Fsp3) is 0.333. The molecule has 0 fully saturated rings. The molecule has 0 radical (unpaired) electrons. The minimum atomic E-state index is -0.606. The lowest BCUT2D eigenvalue weighted by Gasteiger charge is -2.16. The Hall–Kier alpha value is -2.23. The lowest BCUT2D eigenvalue weighted by atomic mass is 9.89. The molecule has 1 aromatic carbocycles. The number of pyridine rings is 1. The Morgan fingerprint density at radius 1 is 1.23 bits per heavy atom. The number of aromatic nitrogens is 1. The molecule has 2 rings (SSSR count). The van der Waals surface area contributed by atoms with Crippen molar-refractivity contribution in [3.8, 4) is 5.75 Å². The van der Waals surface area contributed by atoms with Gasteiger partial charge in [-0.05, 0) is 61.1 Å². The van der Waals surface area contributed by atoms with Crippen molar-refractivity contribution in [2.45, 2.75) is 39.5 Å². The Bertz CT molecular complexity index is 649. The van der Waals surface area contributed by atoms with Crippen LogP contribution in [0.25, 0.3) is 0 Å². The Balaban J connectivity index is 2.17. The monoisotopic (exact) mass is 301 g/mol. The predicted molar refractivity (Wildman–Crippen MR) is 83.7 cm³/mol. The van der Waals surface area contributed by atoms with Gasteiger partial charge in [-0.15, -0.1) is 0 Å². The number of aryl methyl sites for hydroxylation is 1. The normalized spacial score (nSPS) is 10.8. The molecule has 0 spiro atoms. The minimum Gasteiger partial charge on any atom is -0.421 e. The topological polar surface area (TPSA) is 39.2 Å². The second-order valence-electron chi connectivity index (χ2n) is 5.29. The summed E-state index contributed by atoms with van der Waals surface area (Å²) in [4.78, 5) is 15.6. The molecular formula is C18H20FNO2. The molecule has 0 aliphatic rings. The summed E-state index contributed by atoms with van der Waals surface area (Å²) >= 11 is 0. The van der Waals surface area contributed by atoms with Gasteiger partial charge in [-0.2, -0.15) is 4.39 Å². The summed E-state index contributed by atoms with van der Waals surface area (Å²) in [5.74, 6) is -0.336. The van der Waals surface area contributed by atoms with Crippen molar-refractivity contribution in [1.29, 1.82) is 0 Å². The van der Waals surface area contributed by atoms with E-state index in [1.807, 2.05) is 19.1 Å². The van der Waals surface area contributed by atoms with Gasteiger partial charge < -0.3 is 4.74 Å². The summed E-state index contributed by atoms with van der Waals surface area (Å²) in [5.41, 5.74) is 2.84. The molecule has 1 aromatic heterocycles. The van der Waals surface area contributed by atoms with Crippen LogP contribution in [0.5, 0.6) is 5.75 Å². The van der Waals surface area contributed by atoms with Crippen molar-refractivity contribution in [3.63, 3.8) is 0 Å². The second-order valence-corrected chi connectivity index (χ2v) is 5.29. The largest absolute Gasteiger partial charge is 0.421 e. The third kappa shape index (κ3) is 3.70. The summed E-state index contributed by atoms with van der Waals surface area (Å²) in [6, 6.07) is 8.15. The van der Waals surface area contributed by atoms with Crippen molar-refractivity contribution >= 4 is 5.97 Å². The molecule has 2 aromatic rings. The lowest BCUT2D eigenvalue weighted by molar-refractivity contribution is 0.0733. The van der Waals surface area contributed by atoms with Crippen LogP contribution in [0.2, 0.25) is 0 Å². The van der Waals surface area contributed by atoms with Crippen LogP contribution in [-0.4, -0.2) is 11.0 Å². The van der Waals surface area contributed by atoms with E-state index in [2.05, 4.69) is 18.8 Å². The van der Waals surface area contributed by atoms with Crippen LogP contribution in [-0.2, 0) is 0 Å². The standard InChI is InChI=1S/C18H20FNO2/c1-4-13(5-2)16-8-6-14(10-12(16)3)18(21)22-15-7-9-17(19)20-11-15/h6-11,13H,4-5H2,1-3H3. The third-order valence-corrected chi connectivity index (χ3v) is 3.84. The Morgan fingerprint density at radius 3 is 2.50 bits per heavy atom. The number of halogens is 1. The van der Waals surface area contributed by atoms with Crippen LogP contribution >= 0.6 is 0 Å². The van der Waals surface area contributed by atoms with Gasteiger partial charge in [0.1, 0.15) is 5.75 Å². The number of nitrogens with zero attached hydrogens (tertiary/aromatic N) is 1. The molecule has 0 aliphatic carbocycles. The molecule has 116 valence electrons. The summed E-state index contributed by atoms with van der Waals surface area (Å²) in [5, 5.41) is 0. The fourth-order valence-corrected chi connectivity index (χ4v) is 2.58. The van der Waals surface area contributed by atoms with E-state index >= 15 is 0 Å². The molecule has 0 N–H and O–H groups in total. The van der Waals surface area contributed by atoms with Gasteiger partial charge in [0.05, 0.1) is 11.8 Å². The summed E-state index contributed by atoms with van der Waals surface area (Å²) in [7, 11) is 0. The van der Waals surface area contributed by atoms with Crippen molar-refractivity contribution < 1.29 is 13.9 Å². The second kappa shape index (κ2) is 7.16. The highest BCUT2D eigenvalue weighted by atomic mass is 19.1. The number of hydrogen-bond donors (Lipinski definition) is 0. The van der Waals surface area contributed by atoms with E-state index in [0.29, 0.717) is 11.5 Å². The SMILES string of the molecule is CCC(CC)c1ccc(C(=O)Oc2ccc(F)nc2)cc1C. The van der Waals surface area contributed by atoms with Gasteiger partial charge in [0.15, 0.2) is 0 Å². The smallest absolute Gasteiger partial charge is 0.343 e. The number of hydrogen-bond acceptors (Lipinski definition) is 3. The Labute approximate surface area is 130 Å². The lowest BCUT2D eigenvalue weighted by Crippen LogP contribution is -2.10. The van der Waals surface area contributed by atoms with Crippen molar-refractivity contribution in [1.82, 2.24) is 4.98 Å². The first-order chi connectivity index (χ1) is 10.5. The van der Waals surface area contributed by atoms with Crippen molar-refractivity contribution in [3.05, 3.63) is 59.2 Å². The van der Waals surface area contributed by atoms with Crippen LogP contribution in [0.1, 0.15) is 54.1 Å². The Morgan fingerprint density at radius 2 is 1.95 bits per heavy atom. The number of esters is 1. The first kappa shape index (κ1) is 16.1. The number of rotatable bonds is 5. The van der Waals surface area contributed by atoms with E-state index in [1.54, 1.807) is 6.07 Å². The maximum atomic E-state index is 12.7. The number of ether oxygens (including phenoxy) is 1. The van der Waals surface area contributed by atoms with Gasteiger partial charge in [-0.25, -0.2) is 9.78 Å². The van der Waals surface area contributed by atoms with Crippen LogP contribution < -0.4 is 4.74 Å². The molecule has 0 aliphatic heterocycles. The van der Waals surface area contributed by atoms with Crippen LogP contribution in [0.4, 0.5) is 4.39 Å². The molecule has 0 atom stereocenters. The Kier molecular flexibility index (Phi) is 5.26. The van der Waals surface area contributed by atoms with Gasteiger partial charge in [0, 0.05) is 0 Å². The molecule has 0 saturated carbocycles. The van der Waals surface area contributed by atoms with E-state index in [4.69, 9.17) is 4.74 Å². The van der Waals surface area contributed by atoms with E-state index in [9.17, 15) is 9.18 Å². The van der Waals surface area contributed by atoms with Crippen LogP contribution in [0.3, 0.4) is 0 Å². The third-order valence-electron chi connectivity index (χ3n) is 3.84. The van der Waals surface area contributed by atoms with Gasteiger partial charge in [0.25, 0.3) is 0 Å². The highest BCUT2D eigenvalue weighted by Crippen LogP contribution is 2.27. The van der Waals surface area contributed by atoms with Gasteiger partial charge in [-0.3, -0.25) is 0 Å². The van der Waals surface area contributed by atoms with Gasteiger partial charge >= 0.3 is 5.97 Å². The highest BCUT2D eigenvalue weighted by molar-refractivity contribution is 5.91. The molecule has 0 bridgehead atoms. The van der Waals surface area contributed by atoms with E-state index in [0.717, 1.165) is 24.5 Å². The maximum absolute atomic E-state index is 12.7. The minimum absolute atomic E-state index is 0.230. The zero-order valence-electron chi connectivity index (χ0n) is 13.1. The predicted octanol–water partition coefficient (Wildman–Crippen LogP) is 4.65. The summed E-state index contributed by atoms with van der Waals surface area (Å²) < 4.78 is 17.9. The quantitative estimate of drug-likeness (QED) is 0.596. The van der Waals surface area contributed by atoms with Crippen molar-refractivity contribution in [2.24, 2.45) is 0 Å². The number of benzene rings is 1. The van der Waals surface area contributed by atoms with E-state index in [-0.39, 0.29) is 5.75 Å². The molecule has 3 nitrogen and oxygen atoms in total. The summed E-state index contributed by atoms with van der Waals surface area (Å²) in [6.45, 7) is 6.33. The molecule has 0 unspecified atom stereocenters. The number of carbonyl (C=O) groups is 1. The van der Waals surface area contributed by atoms with Crippen molar-refractivity contribution in [2.75, 3.05) is 0 Å². The van der Waals surface area contributed by atoms with Gasteiger partial charge in [0.2, 0.25) is 5.95 Å². The fourth-order valence-electron chi connectivity index (χ4n) is 2.58. The molecule has 1 heterocycles. The summed E-state index contributed by atoms with van der Waals surface area (Å²) in [6.07, 6.45) is 3.34. The van der Waals surface area contributed by atoms with Crippen LogP contribution in [0, 0.1) is 12.9 Å².